The summed E-state index contributed by atoms with van der Waals surface area (Å²) in [5.41, 5.74) is 1.43. The second-order valence-corrected chi connectivity index (χ2v) is 3.91. The van der Waals surface area contributed by atoms with Gasteiger partial charge < -0.3 is 14.8 Å². The zero-order valence-electron chi connectivity index (χ0n) is 9.77. The maximum atomic E-state index is 8.96. The third-order valence-corrected chi connectivity index (χ3v) is 2.54. The van der Waals surface area contributed by atoms with Gasteiger partial charge in [0.1, 0.15) is 11.9 Å². The van der Waals surface area contributed by atoms with E-state index in [0.29, 0.717) is 37.7 Å². The molecule has 0 amide bonds. The molecule has 17 heavy (non-hydrogen) atoms. The van der Waals surface area contributed by atoms with Crippen molar-refractivity contribution in [3.05, 3.63) is 23.4 Å². The van der Waals surface area contributed by atoms with Gasteiger partial charge >= 0.3 is 0 Å². The highest BCUT2D eigenvalue weighted by molar-refractivity contribution is 5.52. The number of nitriles is 1. The number of aromatic nitrogens is 1. The topological polar surface area (TPSA) is 67.2 Å². The molecule has 0 spiro atoms. The molecular weight excluding hydrogens is 218 g/mol. The predicted octanol–water partition coefficient (Wildman–Crippen LogP) is 1.09. The van der Waals surface area contributed by atoms with Gasteiger partial charge in [-0.05, 0) is 19.1 Å². The Balaban J connectivity index is 1.98. The summed E-state index contributed by atoms with van der Waals surface area (Å²) in [4.78, 5) is 4.30. The first-order chi connectivity index (χ1) is 8.29. The fourth-order valence-corrected chi connectivity index (χ4v) is 1.65. The highest BCUT2D eigenvalue weighted by atomic mass is 16.6. The summed E-state index contributed by atoms with van der Waals surface area (Å²) in [6.45, 7) is 4.36. The zero-order chi connectivity index (χ0) is 12.1. The molecule has 0 aliphatic carbocycles. The lowest BCUT2D eigenvalue weighted by Gasteiger charge is -2.23. The number of hydrogen-bond donors (Lipinski definition) is 1. The molecule has 1 atom stereocenters. The minimum Gasteiger partial charge on any atom is -0.376 e. The molecule has 1 N–H and O–H groups in total. The summed E-state index contributed by atoms with van der Waals surface area (Å²) >= 11 is 0. The average molecular weight is 233 g/mol. The first-order valence-electron chi connectivity index (χ1n) is 5.60. The van der Waals surface area contributed by atoms with Gasteiger partial charge in [-0.3, -0.25) is 0 Å². The maximum Gasteiger partial charge on any atom is 0.144 e. The quantitative estimate of drug-likeness (QED) is 0.846. The Morgan fingerprint density at radius 3 is 3.12 bits per heavy atom. The molecule has 1 aromatic rings. The number of pyridine rings is 1. The molecule has 1 aromatic heterocycles. The van der Waals surface area contributed by atoms with E-state index in [4.69, 9.17) is 14.7 Å². The molecule has 0 radical (unpaired) electrons. The van der Waals surface area contributed by atoms with Crippen molar-refractivity contribution in [2.45, 2.75) is 13.0 Å². The molecule has 1 fully saturated rings. The summed E-state index contributed by atoms with van der Waals surface area (Å²) in [7, 11) is 0. The predicted molar refractivity (Wildman–Crippen MR) is 62.7 cm³/mol. The van der Waals surface area contributed by atoms with Gasteiger partial charge in [0.05, 0.1) is 31.5 Å². The van der Waals surface area contributed by atoms with E-state index in [9.17, 15) is 0 Å². The smallest absolute Gasteiger partial charge is 0.144 e. The first-order valence-corrected chi connectivity index (χ1v) is 5.60. The Bertz CT molecular complexity index is 422. The summed E-state index contributed by atoms with van der Waals surface area (Å²) in [5, 5.41) is 12.1. The second kappa shape index (κ2) is 5.62. The third kappa shape index (κ3) is 3.16. The van der Waals surface area contributed by atoms with E-state index in [0.717, 1.165) is 5.69 Å². The van der Waals surface area contributed by atoms with Crippen LogP contribution in [0.3, 0.4) is 0 Å². The van der Waals surface area contributed by atoms with Gasteiger partial charge in [0.15, 0.2) is 0 Å². The molecule has 0 aromatic carbocycles. The van der Waals surface area contributed by atoms with Crippen LogP contribution in [-0.4, -0.2) is 37.5 Å². The lowest BCUT2D eigenvalue weighted by atomic mass is 10.2. The Kier molecular flexibility index (Phi) is 3.91. The Morgan fingerprint density at radius 1 is 1.53 bits per heavy atom. The number of nitrogens with one attached hydrogen (secondary N) is 1. The summed E-state index contributed by atoms with van der Waals surface area (Å²) < 4.78 is 10.8. The van der Waals surface area contributed by atoms with Gasteiger partial charge in [-0.1, -0.05) is 0 Å². The highest BCUT2D eigenvalue weighted by Gasteiger charge is 2.14. The van der Waals surface area contributed by atoms with Crippen LogP contribution < -0.4 is 5.32 Å². The van der Waals surface area contributed by atoms with E-state index in [1.54, 1.807) is 6.07 Å². The zero-order valence-corrected chi connectivity index (χ0v) is 9.77. The molecule has 2 heterocycles. The molecule has 0 bridgehead atoms. The minimum absolute atomic E-state index is 0.0256. The number of ether oxygens (including phenoxy) is 2. The Labute approximate surface area is 100 Å². The molecular formula is C12H15N3O2. The fourth-order valence-electron chi connectivity index (χ4n) is 1.65. The van der Waals surface area contributed by atoms with Crippen LogP contribution in [0.25, 0.3) is 0 Å². The largest absolute Gasteiger partial charge is 0.376 e. The van der Waals surface area contributed by atoms with Crippen LogP contribution in [0.15, 0.2) is 12.1 Å². The van der Waals surface area contributed by atoms with E-state index in [2.05, 4.69) is 16.4 Å². The van der Waals surface area contributed by atoms with Crippen molar-refractivity contribution in [2.24, 2.45) is 0 Å². The van der Waals surface area contributed by atoms with Crippen molar-refractivity contribution in [1.29, 1.82) is 5.26 Å². The summed E-state index contributed by atoms with van der Waals surface area (Å²) in [5.74, 6) is 0.613. The molecule has 1 saturated heterocycles. The SMILES string of the molecule is Cc1ccc(C#N)c(NCC2COCCO2)n1. The molecule has 1 unspecified atom stereocenters. The second-order valence-electron chi connectivity index (χ2n) is 3.91. The van der Waals surface area contributed by atoms with Gasteiger partial charge in [-0.15, -0.1) is 0 Å². The van der Waals surface area contributed by atoms with Crippen LogP contribution in [0.2, 0.25) is 0 Å². The fraction of sp³-hybridized carbons (Fsp3) is 0.500. The summed E-state index contributed by atoms with van der Waals surface area (Å²) in [6.07, 6.45) is 0.0256. The number of anilines is 1. The number of aryl methyl sites for hydroxylation is 1. The Morgan fingerprint density at radius 2 is 2.41 bits per heavy atom. The van der Waals surface area contributed by atoms with Gasteiger partial charge in [0, 0.05) is 12.2 Å². The van der Waals surface area contributed by atoms with Crippen molar-refractivity contribution < 1.29 is 9.47 Å². The van der Waals surface area contributed by atoms with Crippen LogP contribution >= 0.6 is 0 Å². The van der Waals surface area contributed by atoms with Gasteiger partial charge in [0.2, 0.25) is 0 Å². The number of nitrogens with zero attached hydrogens (tertiary/aromatic N) is 2. The van der Waals surface area contributed by atoms with Gasteiger partial charge in [-0.25, -0.2) is 4.98 Å². The van der Waals surface area contributed by atoms with E-state index < -0.39 is 0 Å². The van der Waals surface area contributed by atoms with Gasteiger partial charge in [0.25, 0.3) is 0 Å². The lowest BCUT2D eigenvalue weighted by Crippen LogP contribution is -2.34. The van der Waals surface area contributed by atoms with Crippen LogP contribution in [0.1, 0.15) is 11.3 Å². The van der Waals surface area contributed by atoms with Gasteiger partial charge in [-0.2, -0.15) is 5.26 Å². The van der Waals surface area contributed by atoms with Crippen molar-refractivity contribution in [3.8, 4) is 6.07 Å². The molecule has 90 valence electrons. The van der Waals surface area contributed by atoms with Crippen LogP contribution in [0.5, 0.6) is 0 Å². The number of rotatable bonds is 3. The Hall–Kier alpha value is -1.64. The normalized spacial score (nSPS) is 19.6. The summed E-state index contributed by atoms with van der Waals surface area (Å²) in [6, 6.07) is 5.70. The third-order valence-electron chi connectivity index (χ3n) is 2.54. The molecule has 5 heteroatoms. The molecule has 2 rings (SSSR count). The van der Waals surface area contributed by atoms with E-state index in [1.807, 2.05) is 13.0 Å². The van der Waals surface area contributed by atoms with E-state index >= 15 is 0 Å². The van der Waals surface area contributed by atoms with Crippen molar-refractivity contribution in [2.75, 3.05) is 31.7 Å². The average Bonchev–Trinajstić information content (AvgIpc) is 2.38. The molecule has 5 nitrogen and oxygen atoms in total. The highest BCUT2D eigenvalue weighted by Crippen LogP contribution is 2.12. The number of hydrogen-bond acceptors (Lipinski definition) is 5. The van der Waals surface area contributed by atoms with Crippen LogP contribution in [0.4, 0.5) is 5.82 Å². The van der Waals surface area contributed by atoms with Crippen LogP contribution in [0, 0.1) is 18.3 Å². The monoisotopic (exact) mass is 233 g/mol. The van der Waals surface area contributed by atoms with Crippen molar-refractivity contribution in [1.82, 2.24) is 4.98 Å². The minimum atomic E-state index is 0.0256. The first kappa shape index (κ1) is 11.8. The van der Waals surface area contributed by atoms with E-state index in [1.165, 1.54) is 0 Å². The van der Waals surface area contributed by atoms with Crippen molar-refractivity contribution >= 4 is 5.82 Å². The van der Waals surface area contributed by atoms with Crippen LogP contribution in [-0.2, 0) is 9.47 Å². The molecule has 0 saturated carbocycles. The van der Waals surface area contributed by atoms with E-state index in [-0.39, 0.29) is 6.10 Å². The molecule has 1 aliphatic heterocycles. The maximum absolute atomic E-state index is 8.96. The standard InChI is InChI=1S/C12H15N3O2/c1-9-2-3-10(6-13)12(15-9)14-7-11-8-16-4-5-17-11/h2-3,11H,4-5,7-8H2,1H3,(H,14,15). The molecule has 1 aliphatic rings. The van der Waals surface area contributed by atoms with Crippen molar-refractivity contribution in [3.63, 3.8) is 0 Å². The lowest BCUT2D eigenvalue weighted by molar-refractivity contribution is -0.0819.